The first-order valence-electron chi connectivity index (χ1n) is 11.4. The second-order valence-electron chi connectivity index (χ2n) is 8.51. The molecule has 1 unspecified atom stereocenters. The van der Waals surface area contributed by atoms with Gasteiger partial charge in [0.2, 0.25) is 5.91 Å². The van der Waals surface area contributed by atoms with Gasteiger partial charge < -0.3 is 25.0 Å². The molecule has 164 valence electrons. The molecule has 1 saturated heterocycles. The minimum absolute atomic E-state index is 0.243. The molecule has 1 amide bonds. The highest BCUT2D eigenvalue weighted by molar-refractivity contribution is 5.81. The van der Waals surface area contributed by atoms with E-state index in [0.717, 1.165) is 61.8 Å². The smallest absolute Gasteiger partial charge is 0.225 e. The third kappa shape index (κ3) is 5.18. The molecule has 2 heterocycles. The molecule has 7 nitrogen and oxygen atoms in total. The Hall–Kier alpha value is -2.44. The van der Waals surface area contributed by atoms with E-state index in [1.807, 2.05) is 23.1 Å². The quantitative estimate of drug-likeness (QED) is 0.585. The summed E-state index contributed by atoms with van der Waals surface area (Å²) in [5.41, 5.74) is 1.11. The van der Waals surface area contributed by atoms with Crippen molar-refractivity contribution in [2.24, 2.45) is 10.9 Å². The summed E-state index contributed by atoms with van der Waals surface area (Å²) >= 11 is 0. The van der Waals surface area contributed by atoms with Gasteiger partial charge >= 0.3 is 0 Å². The van der Waals surface area contributed by atoms with Crippen molar-refractivity contribution >= 4 is 11.9 Å². The minimum atomic E-state index is 0.243. The zero-order valence-corrected chi connectivity index (χ0v) is 18.0. The fourth-order valence-electron chi connectivity index (χ4n) is 4.58. The number of likely N-dealkylation sites (tertiary alicyclic amines) is 1. The van der Waals surface area contributed by atoms with Gasteiger partial charge in [-0.05, 0) is 37.0 Å². The van der Waals surface area contributed by atoms with Gasteiger partial charge in [-0.2, -0.15) is 0 Å². The lowest BCUT2D eigenvalue weighted by atomic mass is 9.88. The molecular weight excluding hydrogens is 380 g/mol. The van der Waals surface area contributed by atoms with E-state index in [1.54, 1.807) is 7.05 Å². The lowest BCUT2D eigenvalue weighted by Gasteiger charge is -2.26. The Balaban J connectivity index is 1.26. The predicted molar refractivity (Wildman–Crippen MR) is 117 cm³/mol. The van der Waals surface area contributed by atoms with Crippen molar-refractivity contribution in [2.45, 2.75) is 57.5 Å². The summed E-state index contributed by atoms with van der Waals surface area (Å²) in [5, 5.41) is 6.87. The van der Waals surface area contributed by atoms with Gasteiger partial charge in [0.15, 0.2) is 17.5 Å². The van der Waals surface area contributed by atoms with Crippen LogP contribution >= 0.6 is 0 Å². The van der Waals surface area contributed by atoms with Crippen LogP contribution in [0.1, 0.15) is 50.5 Å². The van der Waals surface area contributed by atoms with Crippen LogP contribution in [0.2, 0.25) is 0 Å². The van der Waals surface area contributed by atoms with Crippen LogP contribution in [-0.4, -0.2) is 56.2 Å². The molecule has 3 aliphatic rings. The van der Waals surface area contributed by atoms with Crippen molar-refractivity contribution in [1.82, 2.24) is 15.5 Å². The first kappa shape index (κ1) is 20.8. The Labute approximate surface area is 179 Å². The summed E-state index contributed by atoms with van der Waals surface area (Å²) in [6.07, 6.45) is 7.66. The maximum atomic E-state index is 12.8. The van der Waals surface area contributed by atoms with Gasteiger partial charge in [0.1, 0.15) is 0 Å². The Morgan fingerprint density at radius 2 is 1.90 bits per heavy atom. The maximum Gasteiger partial charge on any atom is 0.225 e. The van der Waals surface area contributed by atoms with E-state index in [1.165, 1.54) is 19.3 Å². The van der Waals surface area contributed by atoms with Crippen LogP contribution in [0, 0.1) is 5.92 Å². The summed E-state index contributed by atoms with van der Waals surface area (Å²) in [5.74, 6) is 2.98. The molecule has 0 spiro atoms. The number of hydrogen-bond donors (Lipinski definition) is 2. The topological polar surface area (TPSA) is 75.2 Å². The average molecular weight is 415 g/mol. The van der Waals surface area contributed by atoms with Crippen LogP contribution in [0.3, 0.4) is 0 Å². The number of hydrogen-bond acceptors (Lipinski definition) is 4. The van der Waals surface area contributed by atoms with Crippen LogP contribution in [0.4, 0.5) is 0 Å². The van der Waals surface area contributed by atoms with Gasteiger partial charge in [-0.3, -0.25) is 9.79 Å². The fourth-order valence-corrected chi connectivity index (χ4v) is 4.58. The van der Waals surface area contributed by atoms with Gasteiger partial charge in [-0.1, -0.05) is 25.3 Å². The maximum absolute atomic E-state index is 12.8. The second-order valence-corrected chi connectivity index (χ2v) is 8.51. The summed E-state index contributed by atoms with van der Waals surface area (Å²) in [6, 6.07) is 6.29. The lowest BCUT2D eigenvalue weighted by Crippen LogP contribution is -2.45. The third-order valence-corrected chi connectivity index (χ3v) is 6.29. The minimum Gasteiger partial charge on any atom is -0.490 e. The number of fused-ring (bicyclic) bond motifs is 1. The molecule has 1 aromatic carbocycles. The van der Waals surface area contributed by atoms with Crippen molar-refractivity contribution in [3.8, 4) is 11.5 Å². The van der Waals surface area contributed by atoms with Crippen LogP contribution in [0.25, 0.3) is 0 Å². The van der Waals surface area contributed by atoms with Crippen molar-refractivity contribution < 1.29 is 14.3 Å². The largest absolute Gasteiger partial charge is 0.490 e. The lowest BCUT2D eigenvalue weighted by molar-refractivity contribution is -0.135. The van der Waals surface area contributed by atoms with E-state index in [9.17, 15) is 4.79 Å². The molecule has 0 radical (unpaired) electrons. The number of nitrogens with one attached hydrogen (secondary N) is 2. The monoisotopic (exact) mass is 414 g/mol. The number of benzene rings is 1. The van der Waals surface area contributed by atoms with Gasteiger partial charge in [0, 0.05) is 45.1 Å². The highest BCUT2D eigenvalue weighted by Crippen LogP contribution is 2.30. The molecule has 1 aliphatic carbocycles. The van der Waals surface area contributed by atoms with Crippen LogP contribution < -0.4 is 20.1 Å². The second kappa shape index (κ2) is 10.0. The molecule has 0 aromatic heterocycles. The van der Waals surface area contributed by atoms with Crippen LogP contribution in [0.15, 0.2) is 23.2 Å². The van der Waals surface area contributed by atoms with Crippen molar-refractivity contribution in [1.29, 1.82) is 0 Å². The normalized spacial score (nSPS) is 22.5. The molecular formula is C23H34N4O3. The fraction of sp³-hybridized carbons (Fsp3) is 0.652. The Morgan fingerprint density at radius 3 is 2.70 bits per heavy atom. The van der Waals surface area contributed by atoms with Gasteiger partial charge in [-0.15, -0.1) is 0 Å². The van der Waals surface area contributed by atoms with E-state index in [-0.39, 0.29) is 12.0 Å². The highest BCUT2D eigenvalue weighted by atomic mass is 16.5. The van der Waals surface area contributed by atoms with Gasteiger partial charge in [0.25, 0.3) is 0 Å². The highest BCUT2D eigenvalue weighted by Gasteiger charge is 2.31. The molecule has 1 aromatic rings. The number of guanidine groups is 1. The average Bonchev–Trinajstić information content (AvgIpc) is 3.13. The number of nitrogens with zero attached hydrogens (tertiary/aromatic N) is 2. The molecule has 1 atom stereocenters. The molecule has 1 saturated carbocycles. The first-order valence-corrected chi connectivity index (χ1v) is 11.4. The standard InChI is InChI=1S/C23H34N4O3/c1-24-23(25-15-17-8-9-20-21(14-17)30-13-5-12-29-20)26-19-10-11-27(16-19)22(28)18-6-3-2-4-7-18/h8-9,14,18-19H,2-7,10-13,15-16H2,1H3,(H2,24,25,26). The Bertz CT molecular complexity index is 761. The van der Waals surface area contributed by atoms with E-state index in [0.29, 0.717) is 25.7 Å². The summed E-state index contributed by atoms with van der Waals surface area (Å²) in [4.78, 5) is 19.2. The zero-order chi connectivity index (χ0) is 20.8. The predicted octanol–water partition coefficient (Wildman–Crippen LogP) is 2.69. The van der Waals surface area contributed by atoms with Crippen molar-refractivity contribution in [3.05, 3.63) is 23.8 Å². The molecule has 30 heavy (non-hydrogen) atoms. The molecule has 2 fully saturated rings. The van der Waals surface area contributed by atoms with Gasteiger partial charge in [-0.25, -0.2) is 0 Å². The molecule has 0 bridgehead atoms. The Morgan fingerprint density at radius 1 is 1.10 bits per heavy atom. The van der Waals surface area contributed by atoms with E-state index >= 15 is 0 Å². The molecule has 4 rings (SSSR count). The number of aliphatic imine (C=N–C) groups is 1. The number of ether oxygens (including phenoxy) is 2. The van der Waals surface area contributed by atoms with E-state index in [2.05, 4.69) is 15.6 Å². The summed E-state index contributed by atoms with van der Waals surface area (Å²) < 4.78 is 11.5. The molecule has 2 N–H and O–H groups in total. The number of rotatable bonds is 4. The SMILES string of the molecule is CN=C(NCc1ccc2c(c1)OCCCO2)NC1CCN(C(=O)C2CCCCC2)C1. The molecule has 7 heteroatoms. The summed E-state index contributed by atoms with van der Waals surface area (Å²) in [7, 11) is 1.78. The number of carbonyl (C=O) groups excluding carboxylic acids is 1. The van der Waals surface area contributed by atoms with Crippen LogP contribution in [0.5, 0.6) is 11.5 Å². The zero-order valence-electron chi connectivity index (χ0n) is 18.0. The van der Waals surface area contributed by atoms with Gasteiger partial charge in [0.05, 0.1) is 13.2 Å². The third-order valence-electron chi connectivity index (χ3n) is 6.29. The van der Waals surface area contributed by atoms with E-state index < -0.39 is 0 Å². The van der Waals surface area contributed by atoms with Crippen molar-refractivity contribution in [3.63, 3.8) is 0 Å². The van der Waals surface area contributed by atoms with Crippen molar-refractivity contribution in [2.75, 3.05) is 33.4 Å². The van der Waals surface area contributed by atoms with Crippen LogP contribution in [-0.2, 0) is 11.3 Å². The van der Waals surface area contributed by atoms with E-state index in [4.69, 9.17) is 9.47 Å². The molecule has 2 aliphatic heterocycles. The number of amides is 1. The summed E-state index contributed by atoms with van der Waals surface area (Å²) in [6.45, 7) is 3.63. The Kier molecular flexibility index (Phi) is 6.97. The first-order chi connectivity index (χ1) is 14.7. The number of carbonyl (C=O) groups is 1.